The van der Waals surface area contributed by atoms with Crippen molar-refractivity contribution in [2.45, 2.75) is 19.4 Å². The molecule has 110 valence electrons. The van der Waals surface area contributed by atoms with E-state index in [1.165, 1.54) is 11.1 Å². The Morgan fingerprint density at radius 1 is 1.14 bits per heavy atom. The molecule has 0 amide bonds. The average Bonchev–Trinajstić information content (AvgIpc) is 2.92. The normalized spacial score (nSPS) is 16.8. The Kier molecular flexibility index (Phi) is 4.11. The molecule has 3 heteroatoms. The van der Waals surface area contributed by atoms with E-state index in [0.717, 1.165) is 37.7 Å². The fourth-order valence-corrected chi connectivity index (χ4v) is 2.92. The van der Waals surface area contributed by atoms with Crippen LogP contribution in [0.25, 0.3) is 0 Å². The smallest absolute Gasteiger partial charge is 0.122 e. The van der Waals surface area contributed by atoms with Crippen LogP contribution in [0.15, 0.2) is 48.5 Å². The quantitative estimate of drug-likeness (QED) is 0.855. The van der Waals surface area contributed by atoms with Gasteiger partial charge < -0.3 is 10.5 Å². The Morgan fingerprint density at radius 2 is 1.90 bits per heavy atom. The molecule has 3 nitrogen and oxygen atoms in total. The van der Waals surface area contributed by atoms with Gasteiger partial charge in [0.25, 0.3) is 0 Å². The largest absolute Gasteiger partial charge is 0.493 e. The van der Waals surface area contributed by atoms with Crippen LogP contribution in [0, 0.1) is 0 Å². The van der Waals surface area contributed by atoms with E-state index in [-0.39, 0.29) is 0 Å². The summed E-state index contributed by atoms with van der Waals surface area (Å²) in [7, 11) is 0. The topological polar surface area (TPSA) is 38.5 Å². The number of rotatable bonds is 5. The zero-order valence-electron chi connectivity index (χ0n) is 12.5. The van der Waals surface area contributed by atoms with E-state index in [0.29, 0.717) is 5.92 Å². The highest BCUT2D eigenvalue weighted by atomic mass is 16.5. The highest BCUT2D eigenvalue weighted by molar-refractivity contribution is 5.46. The predicted molar refractivity (Wildman–Crippen MR) is 86.5 cm³/mol. The summed E-state index contributed by atoms with van der Waals surface area (Å²) in [6.45, 7) is 5.87. The van der Waals surface area contributed by atoms with Crippen LogP contribution in [-0.2, 0) is 6.54 Å². The van der Waals surface area contributed by atoms with Crippen molar-refractivity contribution in [3.63, 3.8) is 0 Å². The van der Waals surface area contributed by atoms with Gasteiger partial charge in [-0.3, -0.25) is 4.90 Å². The van der Waals surface area contributed by atoms with E-state index in [1.54, 1.807) is 0 Å². The van der Waals surface area contributed by atoms with Gasteiger partial charge in [-0.25, -0.2) is 0 Å². The fraction of sp³-hybridized carbons (Fsp3) is 0.333. The molecule has 2 aromatic carbocycles. The van der Waals surface area contributed by atoms with Gasteiger partial charge in [0.15, 0.2) is 0 Å². The molecule has 0 aromatic heterocycles. The van der Waals surface area contributed by atoms with E-state index >= 15 is 0 Å². The first-order valence-electron chi connectivity index (χ1n) is 7.55. The van der Waals surface area contributed by atoms with Crippen LogP contribution < -0.4 is 10.5 Å². The molecule has 0 spiro atoms. The van der Waals surface area contributed by atoms with Gasteiger partial charge in [0.1, 0.15) is 5.75 Å². The number of anilines is 1. The monoisotopic (exact) mass is 282 g/mol. The molecule has 0 fully saturated rings. The molecule has 0 aliphatic carbocycles. The van der Waals surface area contributed by atoms with Crippen molar-refractivity contribution < 1.29 is 4.74 Å². The summed E-state index contributed by atoms with van der Waals surface area (Å²) in [6, 6.07) is 16.5. The van der Waals surface area contributed by atoms with E-state index in [9.17, 15) is 0 Å². The van der Waals surface area contributed by atoms with Crippen LogP contribution in [0.4, 0.5) is 5.69 Å². The van der Waals surface area contributed by atoms with Gasteiger partial charge in [-0.05, 0) is 24.2 Å². The molecule has 3 rings (SSSR count). The summed E-state index contributed by atoms with van der Waals surface area (Å²) in [4.78, 5) is 2.43. The molecule has 21 heavy (non-hydrogen) atoms. The van der Waals surface area contributed by atoms with Crippen LogP contribution in [0.3, 0.4) is 0 Å². The number of hydrogen-bond donors (Lipinski definition) is 1. The maximum absolute atomic E-state index is 6.06. The lowest BCUT2D eigenvalue weighted by molar-refractivity contribution is 0.235. The molecular formula is C18H22N2O. The summed E-state index contributed by atoms with van der Waals surface area (Å²) in [5.41, 5.74) is 9.46. The van der Waals surface area contributed by atoms with E-state index in [1.807, 2.05) is 24.3 Å². The van der Waals surface area contributed by atoms with E-state index in [4.69, 9.17) is 10.5 Å². The van der Waals surface area contributed by atoms with E-state index in [2.05, 4.69) is 36.1 Å². The SMILES string of the molecule is CCN(Cc1ccccc1N)CC1COc2ccccc21. The third-order valence-corrected chi connectivity index (χ3v) is 4.17. The zero-order chi connectivity index (χ0) is 14.7. The van der Waals surface area contributed by atoms with Crippen molar-refractivity contribution in [3.05, 3.63) is 59.7 Å². The van der Waals surface area contributed by atoms with Crippen LogP contribution in [0.5, 0.6) is 5.75 Å². The van der Waals surface area contributed by atoms with Crippen molar-refractivity contribution in [1.29, 1.82) is 0 Å². The van der Waals surface area contributed by atoms with Crippen molar-refractivity contribution in [3.8, 4) is 5.75 Å². The number of ether oxygens (including phenoxy) is 1. The number of benzene rings is 2. The van der Waals surface area contributed by atoms with Crippen molar-refractivity contribution in [2.24, 2.45) is 0 Å². The summed E-state index contributed by atoms with van der Waals surface area (Å²) in [5.74, 6) is 1.49. The highest BCUT2D eigenvalue weighted by Gasteiger charge is 2.25. The lowest BCUT2D eigenvalue weighted by Crippen LogP contribution is -2.29. The molecule has 0 saturated heterocycles. The molecule has 0 bridgehead atoms. The molecule has 2 aromatic rings. The fourth-order valence-electron chi connectivity index (χ4n) is 2.92. The van der Waals surface area contributed by atoms with Gasteiger partial charge >= 0.3 is 0 Å². The number of likely N-dealkylation sites (N-methyl/N-ethyl adjacent to an activating group) is 1. The molecule has 1 aliphatic rings. The van der Waals surface area contributed by atoms with Gasteiger partial charge in [0.05, 0.1) is 6.61 Å². The molecule has 1 unspecified atom stereocenters. The number of nitrogens with two attached hydrogens (primary N) is 1. The second-order valence-electron chi connectivity index (χ2n) is 5.57. The molecular weight excluding hydrogens is 260 g/mol. The summed E-state index contributed by atoms with van der Waals surface area (Å²) in [6.07, 6.45) is 0. The molecule has 0 saturated carbocycles. The van der Waals surface area contributed by atoms with Gasteiger partial charge in [0.2, 0.25) is 0 Å². The minimum Gasteiger partial charge on any atom is -0.493 e. The molecule has 1 atom stereocenters. The molecule has 1 heterocycles. The van der Waals surface area contributed by atoms with Gasteiger partial charge in [-0.15, -0.1) is 0 Å². The molecule has 2 N–H and O–H groups in total. The van der Waals surface area contributed by atoms with Crippen LogP contribution in [0.1, 0.15) is 24.0 Å². The maximum atomic E-state index is 6.06. The zero-order valence-corrected chi connectivity index (χ0v) is 12.5. The first-order chi connectivity index (χ1) is 10.3. The maximum Gasteiger partial charge on any atom is 0.122 e. The summed E-state index contributed by atoms with van der Waals surface area (Å²) in [5, 5.41) is 0. The van der Waals surface area contributed by atoms with Crippen LogP contribution in [-0.4, -0.2) is 24.6 Å². The lowest BCUT2D eigenvalue weighted by atomic mass is 10.0. The van der Waals surface area contributed by atoms with Gasteiger partial charge in [-0.2, -0.15) is 0 Å². The highest BCUT2D eigenvalue weighted by Crippen LogP contribution is 2.34. The number of para-hydroxylation sites is 2. The van der Waals surface area contributed by atoms with Gasteiger partial charge in [0, 0.05) is 30.3 Å². The minimum atomic E-state index is 0.450. The molecule has 0 radical (unpaired) electrons. The van der Waals surface area contributed by atoms with Crippen molar-refractivity contribution in [2.75, 3.05) is 25.4 Å². The Balaban J connectivity index is 1.70. The van der Waals surface area contributed by atoms with Crippen LogP contribution >= 0.6 is 0 Å². The summed E-state index contributed by atoms with van der Waals surface area (Å²) < 4.78 is 5.78. The van der Waals surface area contributed by atoms with Crippen LogP contribution in [0.2, 0.25) is 0 Å². The summed E-state index contributed by atoms with van der Waals surface area (Å²) >= 11 is 0. The number of nitrogens with zero attached hydrogens (tertiary/aromatic N) is 1. The van der Waals surface area contributed by atoms with Crippen molar-refractivity contribution >= 4 is 5.69 Å². The Morgan fingerprint density at radius 3 is 2.71 bits per heavy atom. The second-order valence-corrected chi connectivity index (χ2v) is 5.57. The van der Waals surface area contributed by atoms with Gasteiger partial charge in [-0.1, -0.05) is 43.3 Å². The minimum absolute atomic E-state index is 0.450. The second kappa shape index (κ2) is 6.19. The van der Waals surface area contributed by atoms with Crippen molar-refractivity contribution in [1.82, 2.24) is 4.90 Å². The van der Waals surface area contributed by atoms with E-state index < -0.39 is 0 Å². The third-order valence-electron chi connectivity index (χ3n) is 4.17. The number of hydrogen-bond acceptors (Lipinski definition) is 3. The third kappa shape index (κ3) is 3.03. The Labute approximate surface area is 126 Å². The first-order valence-corrected chi connectivity index (χ1v) is 7.55. The lowest BCUT2D eigenvalue weighted by Gasteiger charge is -2.24. The first kappa shape index (κ1) is 14.0. The Bertz CT molecular complexity index is 612. The number of nitrogen functional groups attached to an aromatic ring is 1. The number of fused-ring (bicyclic) bond motifs is 1. The Hall–Kier alpha value is -2.00. The standard InChI is InChI=1S/C18H22N2O/c1-2-20(11-14-7-3-5-9-17(14)19)12-15-13-21-18-10-6-4-8-16(15)18/h3-10,15H,2,11-13,19H2,1H3. The average molecular weight is 282 g/mol. The molecule has 1 aliphatic heterocycles. The predicted octanol–water partition coefficient (Wildman–Crippen LogP) is 3.27.